The van der Waals surface area contributed by atoms with Crippen LogP contribution in [-0.4, -0.2) is 15.8 Å². The van der Waals surface area contributed by atoms with Crippen molar-refractivity contribution in [3.05, 3.63) is 29.3 Å². The van der Waals surface area contributed by atoms with Gasteiger partial charge in [-0.2, -0.15) is 0 Å². The Morgan fingerprint density at radius 1 is 1.23 bits per heavy atom. The van der Waals surface area contributed by atoms with Gasteiger partial charge in [-0.15, -0.1) is 6.42 Å². The molecule has 0 bridgehead atoms. The van der Waals surface area contributed by atoms with Gasteiger partial charge in [-0.05, 0) is 79.5 Å². The van der Waals surface area contributed by atoms with Gasteiger partial charge in [0.25, 0.3) is 0 Å². The van der Waals surface area contributed by atoms with Crippen LogP contribution in [0.15, 0.2) is 18.2 Å². The molecular weight excluding hydrogens is 272 g/mol. The summed E-state index contributed by atoms with van der Waals surface area (Å²) < 4.78 is 0. The van der Waals surface area contributed by atoms with Crippen LogP contribution in [0, 0.1) is 29.6 Å². The summed E-state index contributed by atoms with van der Waals surface area (Å²) in [6.07, 6.45) is 11.8. The Labute approximate surface area is 132 Å². The van der Waals surface area contributed by atoms with Gasteiger partial charge in [-0.25, -0.2) is 0 Å². The molecule has 0 saturated heterocycles. The number of aromatic hydroxyl groups is 1. The molecule has 1 aromatic rings. The molecule has 22 heavy (non-hydrogen) atoms. The lowest BCUT2D eigenvalue weighted by Gasteiger charge is -2.52. The molecule has 4 rings (SSSR count). The summed E-state index contributed by atoms with van der Waals surface area (Å²) in [6.45, 7) is 2.22. The molecule has 2 N–H and O–H groups in total. The van der Waals surface area contributed by atoms with Crippen LogP contribution >= 0.6 is 0 Å². The van der Waals surface area contributed by atoms with Crippen LogP contribution in [0.25, 0.3) is 0 Å². The van der Waals surface area contributed by atoms with Crippen LogP contribution in [0.1, 0.15) is 56.1 Å². The summed E-state index contributed by atoms with van der Waals surface area (Å²) in [7, 11) is 0. The van der Waals surface area contributed by atoms with E-state index >= 15 is 0 Å². The molecular formula is C20H24O2. The van der Waals surface area contributed by atoms with Crippen LogP contribution in [-0.2, 0) is 6.42 Å². The van der Waals surface area contributed by atoms with E-state index in [1.165, 1.54) is 11.1 Å². The largest absolute Gasteiger partial charge is 0.508 e. The normalized spacial score (nSPS) is 42.9. The van der Waals surface area contributed by atoms with Gasteiger partial charge in [0.15, 0.2) is 0 Å². The van der Waals surface area contributed by atoms with Gasteiger partial charge >= 0.3 is 0 Å². The molecule has 0 aromatic heterocycles. The molecule has 1 aromatic carbocycles. The number of aliphatic hydroxyl groups is 1. The fourth-order valence-corrected chi connectivity index (χ4v) is 5.82. The minimum Gasteiger partial charge on any atom is -0.508 e. The van der Waals surface area contributed by atoms with Gasteiger partial charge in [0.05, 0.1) is 0 Å². The van der Waals surface area contributed by atoms with Crippen molar-refractivity contribution >= 4 is 0 Å². The Morgan fingerprint density at radius 2 is 2.05 bits per heavy atom. The molecule has 0 unspecified atom stereocenters. The molecule has 116 valence electrons. The van der Waals surface area contributed by atoms with Crippen molar-refractivity contribution in [2.45, 2.75) is 57.0 Å². The molecule has 2 heteroatoms. The molecule has 2 saturated carbocycles. The quantitative estimate of drug-likeness (QED) is 0.718. The lowest BCUT2D eigenvalue weighted by molar-refractivity contribution is -0.0646. The molecule has 0 radical (unpaired) electrons. The fraction of sp³-hybridized carbons (Fsp3) is 0.600. The Balaban J connectivity index is 1.72. The minimum absolute atomic E-state index is 0.128. The predicted octanol–water partition coefficient (Wildman–Crippen LogP) is 3.61. The Morgan fingerprint density at radius 3 is 2.82 bits per heavy atom. The first-order valence-electron chi connectivity index (χ1n) is 8.50. The van der Waals surface area contributed by atoms with E-state index in [9.17, 15) is 10.2 Å². The van der Waals surface area contributed by atoms with Crippen molar-refractivity contribution < 1.29 is 10.2 Å². The number of phenolic OH excluding ortho intramolecular Hbond substituents is 1. The van der Waals surface area contributed by atoms with Gasteiger partial charge in [-0.1, -0.05) is 18.9 Å². The topological polar surface area (TPSA) is 40.5 Å². The van der Waals surface area contributed by atoms with E-state index in [1.54, 1.807) is 0 Å². The smallest absolute Gasteiger partial charge is 0.130 e. The van der Waals surface area contributed by atoms with Gasteiger partial charge in [0, 0.05) is 5.41 Å². The van der Waals surface area contributed by atoms with E-state index in [-0.39, 0.29) is 5.41 Å². The van der Waals surface area contributed by atoms with E-state index < -0.39 is 5.60 Å². The molecule has 0 heterocycles. The van der Waals surface area contributed by atoms with Crippen LogP contribution in [0.2, 0.25) is 0 Å². The third-order valence-electron chi connectivity index (χ3n) is 7.10. The van der Waals surface area contributed by atoms with Crippen molar-refractivity contribution in [1.29, 1.82) is 0 Å². The highest BCUT2D eigenvalue weighted by molar-refractivity contribution is 5.40. The maximum Gasteiger partial charge on any atom is 0.130 e. The molecule has 5 atom stereocenters. The zero-order valence-corrected chi connectivity index (χ0v) is 13.2. The molecule has 0 aliphatic heterocycles. The Kier molecular flexibility index (Phi) is 2.91. The molecule has 2 fully saturated rings. The summed E-state index contributed by atoms with van der Waals surface area (Å²) in [5.74, 6) is 4.82. The zero-order valence-electron chi connectivity index (χ0n) is 13.2. The maximum absolute atomic E-state index is 10.9. The second-order valence-electron chi connectivity index (χ2n) is 7.80. The molecule has 0 amide bonds. The average Bonchev–Trinajstić information content (AvgIpc) is 2.79. The number of rotatable bonds is 0. The first kappa shape index (κ1) is 14.2. The number of fused-ring (bicyclic) bond motifs is 5. The first-order chi connectivity index (χ1) is 10.5. The van der Waals surface area contributed by atoms with Crippen molar-refractivity contribution in [3.63, 3.8) is 0 Å². The van der Waals surface area contributed by atoms with Crippen molar-refractivity contribution in [2.24, 2.45) is 17.3 Å². The van der Waals surface area contributed by atoms with Gasteiger partial charge < -0.3 is 10.2 Å². The fourth-order valence-electron chi connectivity index (χ4n) is 5.82. The Hall–Kier alpha value is -1.46. The van der Waals surface area contributed by atoms with E-state index in [0.717, 1.165) is 38.5 Å². The van der Waals surface area contributed by atoms with E-state index in [4.69, 9.17) is 6.42 Å². The third-order valence-corrected chi connectivity index (χ3v) is 7.10. The molecule has 2 nitrogen and oxygen atoms in total. The first-order valence-corrected chi connectivity index (χ1v) is 8.50. The number of aryl methyl sites for hydroxylation is 1. The van der Waals surface area contributed by atoms with Crippen molar-refractivity contribution in [3.8, 4) is 18.1 Å². The highest BCUT2D eigenvalue weighted by atomic mass is 16.3. The number of benzene rings is 1. The maximum atomic E-state index is 10.9. The third kappa shape index (κ3) is 1.66. The van der Waals surface area contributed by atoms with E-state index in [0.29, 0.717) is 23.5 Å². The summed E-state index contributed by atoms with van der Waals surface area (Å²) in [6, 6.07) is 5.87. The van der Waals surface area contributed by atoms with Crippen LogP contribution in [0.5, 0.6) is 5.75 Å². The highest BCUT2D eigenvalue weighted by Crippen LogP contribution is 2.64. The van der Waals surface area contributed by atoms with Crippen LogP contribution < -0.4 is 0 Å². The number of hydrogen-bond acceptors (Lipinski definition) is 2. The van der Waals surface area contributed by atoms with Gasteiger partial charge in [-0.3, -0.25) is 0 Å². The second-order valence-corrected chi connectivity index (χ2v) is 7.80. The van der Waals surface area contributed by atoms with Gasteiger partial charge in [0.2, 0.25) is 0 Å². The standard InChI is InChI=1S/C20H24O2/c1-3-20(22)11-9-18-17-6-4-13-12-14(21)5-7-15(13)16(17)8-10-19(18,20)2/h1,5,7,12,16-18,21-22H,4,6,8-11H2,2H3/t16-,17-,18+,19-,20+/m0/s1. The predicted molar refractivity (Wildman–Crippen MR) is 86.5 cm³/mol. The summed E-state index contributed by atoms with van der Waals surface area (Å²) in [5.41, 5.74) is 1.69. The van der Waals surface area contributed by atoms with E-state index in [1.807, 2.05) is 12.1 Å². The zero-order chi connectivity index (χ0) is 15.5. The molecule has 0 spiro atoms. The van der Waals surface area contributed by atoms with Gasteiger partial charge in [0.1, 0.15) is 11.4 Å². The highest BCUT2D eigenvalue weighted by Gasteiger charge is 2.61. The number of hydrogen-bond donors (Lipinski definition) is 2. The lowest BCUT2D eigenvalue weighted by Crippen LogP contribution is -2.50. The Bertz CT molecular complexity index is 658. The molecule has 3 aliphatic rings. The van der Waals surface area contributed by atoms with Crippen LogP contribution in [0.3, 0.4) is 0 Å². The monoisotopic (exact) mass is 296 g/mol. The van der Waals surface area contributed by atoms with E-state index in [2.05, 4.69) is 18.9 Å². The lowest BCUT2D eigenvalue weighted by atomic mass is 9.53. The summed E-state index contributed by atoms with van der Waals surface area (Å²) >= 11 is 0. The van der Waals surface area contributed by atoms with Crippen molar-refractivity contribution in [2.75, 3.05) is 0 Å². The SMILES string of the molecule is C#C[C@@]1(O)CC[C@@H]2[C@H]3CCc4cc(O)ccc4[C@@H]3CC[C@@]21C. The van der Waals surface area contributed by atoms with Crippen LogP contribution in [0.4, 0.5) is 0 Å². The number of terminal acetylenes is 1. The summed E-state index contributed by atoms with van der Waals surface area (Å²) in [5, 5.41) is 20.6. The molecule has 3 aliphatic carbocycles. The minimum atomic E-state index is -0.919. The summed E-state index contributed by atoms with van der Waals surface area (Å²) in [4.78, 5) is 0. The number of phenols is 1. The van der Waals surface area contributed by atoms with Crippen molar-refractivity contribution in [1.82, 2.24) is 0 Å². The second kappa shape index (κ2) is 4.52. The average molecular weight is 296 g/mol.